The van der Waals surface area contributed by atoms with Gasteiger partial charge in [-0.05, 0) is 58.8 Å². The summed E-state index contributed by atoms with van der Waals surface area (Å²) in [6.45, 7) is 6.78. The van der Waals surface area contributed by atoms with Gasteiger partial charge in [0.2, 0.25) is 0 Å². The van der Waals surface area contributed by atoms with Crippen molar-refractivity contribution in [3.8, 4) is 6.07 Å². The highest BCUT2D eigenvalue weighted by Crippen LogP contribution is 2.38. The van der Waals surface area contributed by atoms with E-state index in [1.54, 1.807) is 0 Å². The lowest BCUT2D eigenvalue weighted by molar-refractivity contribution is 0.346. The van der Waals surface area contributed by atoms with Gasteiger partial charge in [0.05, 0.1) is 12.1 Å². The third-order valence-corrected chi connectivity index (χ3v) is 5.41. The van der Waals surface area contributed by atoms with Gasteiger partial charge in [0.15, 0.2) is 0 Å². The molecule has 26 heavy (non-hydrogen) atoms. The Morgan fingerprint density at radius 1 is 1.19 bits per heavy atom. The van der Waals surface area contributed by atoms with Gasteiger partial charge in [0.1, 0.15) is 23.5 Å². The van der Waals surface area contributed by atoms with Crippen LogP contribution < -0.4 is 5.32 Å². The average Bonchev–Trinajstić information content (AvgIpc) is 2.88. The predicted octanol–water partition coefficient (Wildman–Crippen LogP) is 2.43. The number of pyridine rings is 1. The molecule has 0 bridgehead atoms. The Labute approximate surface area is 155 Å². The topological polar surface area (TPSA) is 82.7 Å². The second kappa shape index (κ2) is 7.04. The Balaban J connectivity index is 1.69. The summed E-state index contributed by atoms with van der Waals surface area (Å²) in [5, 5.41) is 21.7. The lowest BCUT2D eigenvalue weighted by atomic mass is 9.79. The van der Waals surface area contributed by atoms with Crippen LogP contribution in [0, 0.1) is 32.1 Å². The van der Waals surface area contributed by atoms with E-state index >= 15 is 0 Å². The zero-order valence-electron chi connectivity index (χ0n) is 16.5. The Kier molecular flexibility index (Phi) is 4.97. The molecule has 2 heterocycles. The van der Waals surface area contributed by atoms with E-state index in [9.17, 15) is 5.26 Å². The monoisotopic (exact) mass is 353 g/mol. The first-order chi connectivity index (χ1) is 12.3. The van der Waals surface area contributed by atoms with Crippen molar-refractivity contribution >= 4 is 5.82 Å². The molecule has 3 rings (SSSR count). The standard InChI is InChI=1S/C19H27N7/c1-11-12(2)16(9-20)18(21-13(11)3)22-15-7-14(8-15)19-24-23-17(26(19)6)10-25(4)5/h14-15H,7-8,10H2,1-6H3,(H,21,22). The maximum atomic E-state index is 9.50. The Morgan fingerprint density at radius 2 is 1.88 bits per heavy atom. The number of rotatable bonds is 5. The van der Waals surface area contributed by atoms with Crippen molar-refractivity contribution in [3.05, 3.63) is 34.0 Å². The third-order valence-electron chi connectivity index (χ3n) is 5.41. The average molecular weight is 353 g/mol. The fourth-order valence-corrected chi connectivity index (χ4v) is 3.48. The lowest BCUT2D eigenvalue weighted by Crippen LogP contribution is -2.36. The Hall–Kier alpha value is -2.46. The van der Waals surface area contributed by atoms with Crippen LogP contribution in [0.5, 0.6) is 0 Å². The van der Waals surface area contributed by atoms with Crippen molar-refractivity contribution < 1.29 is 0 Å². The molecule has 1 aliphatic carbocycles. The van der Waals surface area contributed by atoms with E-state index in [2.05, 4.69) is 36.0 Å². The first-order valence-corrected chi connectivity index (χ1v) is 8.99. The smallest absolute Gasteiger partial charge is 0.146 e. The summed E-state index contributed by atoms with van der Waals surface area (Å²) >= 11 is 0. The van der Waals surface area contributed by atoms with Gasteiger partial charge in [-0.25, -0.2) is 4.98 Å². The van der Waals surface area contributed by atoms with E-state index in [0.29, 0.717) is 23.3 Å². The molecule has 0 unspecified atom stereocenters. The van der Waals surface area contributed by atoms with Gasteiger partial charge in [0, 0.05) is 24.7 Å². The summed E-state index contributed by atoms with van der Waals surface area (Å²) in [6, 6.07) is 2.62. The molecule has 7 nitrogen and oxygen atoms in total. The molecule has 7 heteroatoms. The van der Waals surface area contributed by atoms with E-state index in [1.165, 1.54) is 0 Å². The maximum absolute atomic E-state index is 9.50. The number of nitriles is 1. The quantitative estimate of drug-likeness (QED) is 0.889. The molecule has 0 radical (unpaired) electrons. The van der Waals surface area contributed by atoms with E-state index in [1.807, 2.05) is 41.9 Å². The minimum Gasteiger partial charge on any atom is -0.366 e. The molecule has 1 saturated carbocycles. The molecule has 0 amide bonds. The summed E-state index contributed by atoms with van der Waals surface area (Å²) in [7, 11) is 6.10. The fraction of sp³-hybridized carbons (Fsp3) is 0.579. The molecule has 2 aromatic rings. The van der Waals surface area contributed by atoms with Gasteiger partial charge in [-0.15, -0.1) is 10.2 Å². The molecule has 2 aromatic heterocycles. The molecule has 1 N–H and O–H groups in total. The van der Waals surface area contributed by atoms with Crippen LogP contribution in [0.1, 0.15) is 52.8 Å². The summed E-state index contributed by atoms with van der Waals surface area (Å²) in [5.41, 5.74) is 3.73. The zero-order chi connectivity index (χ0) is 19.0. The van der Waals surface area contributed by atoms with Crippen LogP contribution in [-0.2, 0) is 13.6 Å². The molecular weight excluding hydrogens is 326 g/mol. The molecule has 0 atom stereocenters. The maximum Gasteiger partial charge on any atom is 0.146 e. The SMILES string of the molecule is Cc1nc(NC2CC(c3nnc(CN(C)C)n3C)C2)c(C#N)c(C)c1C. The van der Waals surface area contributed by atoms with Crippen molar-refractivity contribution in [2.24, 2.45) is 7.05 Å². The van der Waals surface area contributed by atoms with E-state index < -0.39 is 0 Å². The number of anilines is 1. The van der Waals surface area contributed by atoms with Crippen LogP contribution >= 0.6 is 0 Å². The molecule has 0 aromatic carbocycles. The summed E-state index contributed by atoms with van der Waals surface area (Å²) < 4.78 is 2.11. The molecule has 0 aliphatic heterocycles. The largest absolute Gasteiger partial charge is 0.366 e. The van der Waals surface area contributed by atoms with Crippen LogP contribution in [-0.4, -0.2) is 44.8 Å². The van der Waals surface area contributed by atoms with E-state index in [0.717, 1.165) is 47.9 Å². The van der Waals surface area contributed by atoms with Crippen LogP contribution in [0.25, 0.3) is 0 Å². The molecule has 1 aliphatic rings. The van der Waals surface area contributed by atoms with Crippen molar-refractivity contribution in [3.63, 3.8) is 0 Å². The van der Waals surface area contributed by atoms with Gasteiger partial charge in [-0.1, -0.05) is 0 Å². The molecule has 1 fully saturated rings. The lowest BCUT2D eigenvalue weighted by Gasteiger charge is -2.35. The first kappa shape index (κ1) is 18.3. The number of hydrogen-bond acceptors (Lipinski definition) is 6. The van der Waals surface area contributed by atoms with E-state index in [-0.39, 0.29) is 0 Å². The first-order valence-electron chi connectivity index (χ1n) is 8.99. The van der Waals surface area contributed by atoms with Crippen molar-refractivity contribution in [1.29, 1.82) is 5.26 Å². The Morgan fingerprint density at radius 3 is 2.50 bits per heavy atom. The second-order valence-electron chi connectivity index (χ2n) is 7.56. The molecule has 0 saturated heterocycles. The van der Waals surface area contributed by atoms with Crippen molar-refractivity contribution in [1.82, 2.24) is 24.6 Å². The van der Waals surface area contributed by atoms with Crippen molar-refractivity contribution in [2.45, 2.75) is 52.1 Å². The highest BCUT2D eigenvalue weighted by atomic mass is 15.3. The molecule has 138 valence electrons. The highest BCUT2D eigenvalue weighted by molar-refractivity contribution is 5.59. The predicted molar refractivity (Wildman–Crippen MR) is 101 cm³/mol. The van der Waals surface area contributed by atoms with Gasteiger partial charge in [-0.2, -0.15) is 5.26 Å². The van der Waals surface area contributed by atoms with Gasteiger partial charge in [-0.3, -0.25) is 0 Å². The number of hydrogen-bond donors (Lipinski definition) is 1. The van der Waals surface area contributed by atoms with Gasteiger partial charge in [0.25, 0.3) is 0 Å². The fourth-order valence-electron chi connectivity index (χ4n) is 3.48. The van der Waals surface area contributed by atoms with Crippen molar-refractivity contribution in [2.75, 3.05) is 19.4 Å². The number of nitrogens with one attached hydrogen (secondary N) is 1. The minimum atomic E-state index is 0.315. The van der Waals surface area contributed by atoms with Gasteiger partial charge < -0.3 is 14.8 Å². The zero-order valence-corrected chi connectivity index (χ0v) is 16.5. The Bertz CT molecular complexity index is 854. The third kappa shape index (κ3) is 3.29. The van der Waals surface area contributed by atoms with Crippen LogP contribution in [0.2, 0.25) is 0 Å². The number of aromatic nitrogens is 4. The number of nitrogens with zero attached hydrogens (tertiary/aromatic N) is 6. The van der Waals surface area contributed by atoms with Gasteiger partial charge >= 0.3 is 0 Å². The van der Waals surface area contributed by atoms with Crippen LogP contribution in [0.15, 0.2) is 0 Å². The summed E-state index contributed by atoms with van der Waals surface area (Å²) in [4.78, 5) is 6.70. The van der Waals surface area contributed by atoms with Crippen LogP contribution in [0.4, 0.5) is 5.82 Å². The summed E-state index contributed by atoms with van der Waals surface area (Å²) in [6.07, 6.45) is 1.96. The van der Waals surface area contributed by atoms with E-state index in [4.69, 9.17) is 0 Å². The minimum absolute atomic E-state index is 0.315. The van der Waals surface area contributed by atoms with Crippen LogP contribution in [0.3, 0.4) is 0 Å². The number of aryl methyl sites for hydroxylation is 1. The summed E-state index contributed by atoms with van der Waals surface area (Å²) in [5.74, 6) is 3.14. The highest BCUT2D eigenvalue weighted by Gasteiger charge is 2.34. The molecule has 0 spiro atoms. The second-order valence-corrected chi connectivity index (χ2v) is 7.56. The normalized spacial score (nSPS) is 19.3. The molecular formula is C19H27N7.